The monoisotopic (exact) mass is 286 g/mol. The van der Waals surface area contributed by atoms with Gasteiger partial charge in [0.2, 0.25) is 5.96 Å². The SMILES string of the molecule is CC1Cc2ccccc2N(C(=NC2CCCCC2)NN)C1. The van der Waals surface area contributed by atoms with E-state index in [0.717, 1.165) is 18.9 Å². The van der Waals surface area contributed by atoms with Crippen LogP contribution in [0.2, 0.25) is 0 Å². The summed E-state index contributed by atoms with van der Waals surface area (Å²) in [6.07, 6.45) is 7.44. The summed E-state index contributed by atoms with van der Waals surface area (Å²) >= 11 is 0. The molecular weight excluding hydrogens is 260 g/mol. The quantitative estimate of drug-likeness (QED) is 0.361. The van der Waals surface area contributed by atoms with Crippen LogP contribution in [0.5, 0.6) is 0 Å². The number of nitrogens with two attached hydrogens (primary N) is 1. The first-order chi connectivity index (χ1) is 10.3. The molecule has 1 aliphatic heterocycles. The number of para-hydroxylation sites is 1. The van der Waals surface area contributed by atoms with Gasteiger partial charge in [-0.25, -0.2) is 10.8 Å². The number of fused-ring (bicyclic) bond motifs is 1. The van der Waals surface area contributed by atoms with Crippen LogP contribution >= 0.6 is 0 Å². The Morgan fingerprint density at radius 2 is 2.00 bits per heavy atom. The molecule has 0 aromatic heterocycles. The van der Waals surface area contributed by atoms with Gasteiger partial charge >= 0.3 is 0 Å². The van der Waals surface area contributed by atoms with E-state index in [-0.39, 0.29) is 0 Å². The first-order valence-electron chi connectivity index (χ1n) is 8.18. The molecule has 21 heavy (non-hydrogen) atoms. The molecule has 3 N–H and O–H groups in total. The molecule has 1 heterocycles. The topological polar surface area (TPSA) is 53.6 Å². The van der Waals surface area contributed by atoms with Crippen molar-refractivity contribution in [1.82, 2.24) is 5.43 Å². The zero-order valence-electron chi connectivity index (χ0n) is 12.9. The Labute approximate surface area is 127 Å². The molecule has 3 rings (SSSR count). The molecule has 114 valence electrons. The predicted octanol–water partition coefficient (Wildman–Crippen LogP) is 2.84. The summed E-state index contributed by atoms with van der Waals surface area (Å²) in [5.74, 6) is 7.25. The Hall–Kier alpha value is -1.55. The summed E-state index contributed by atoms with van der Waals surface area (Å²) in [5, 5.41) is 0. The molecule has 1 unspecified atom stereocenters. The molecule has 4 nitrogen and oxygen atoms in total. The van der Waals surface area contributed by atoms with Gasteiger partial charge < -0.3 is 4.90 Å². The summed E-state index contributed by atoms with van der Waals surface area (Å²) < 4.78 is 0. The highest BCUT2D eigenvalue weighted by molar-refractivity contribution is 5.97. The van der Waals surface area contributed by atoms with Crippen molar-refractivity contribution in [3.8, 4) is 0 Å². The Bertz CT molecular complexity index is 505. The molecule has 0 radical (unpaired) electrons. The molecule has 1 aliphatic carbocycles. The zero-order chi connectivity index (χ0) is 14.7. The lowest BCUT2D eigenvalue weighted by atomic mass is 9.94. The van der Waals surface area contributed by atoms with Gasteiger partial charge in [-0.2, -0.15) is 0 Å². The Balaban J connectivity index is 1.87. The second-order valence-corrected chi connectivity index (χ2v) is 6.44. The maximum atomic E-state index is 5.80. The van der Waals surface area contributed by atoms with Crippen LogP contribution in [-0.4, -0.2) is 18.5 Å². The fourth-order valence-corrected chi connectivity index (χ4v) is 3.57. The van der Waals surface area contributed by atoms with E-state index in [1.54, 1.807) is 0 Å². The molecule has 1 saturated carbocycles. The van der Waals surface area contributed by atoms with E-state index in [1.165, 1.54) is 43.4 Å². The third kappa shape index (κ3) is 3.21. The lowest BCUT2D eigenvalue weighted by Crippen LogP contribution is -2.49. The van der Waals surface area contributed by atoms with Crippen LogP contribution in [0.25, 0.3) is 0 Å². The summed E-state index contributed by atoms with van der Waals surface area (Å²) in [7, 11) is 0. The predicted molar refractivity (Wildman–Crippen MR) is 88.3 cm³/mol. The lowest BCUT2D eigenvalue weighted by molar-refractivity contribution is 0.441. The van der Waals surface area contributed by atoms with E-state index >= 15 is 0 Å². The van der Waals surface area contributed by atoms with Gasteiger partial charge in [0.05, 0.1) is 6.04 Å². The number of aliphatic imine (C=N–C) groups is 1. The van der Waals surface area contributed by atoms with Crippen molar-refractivity contribution in [3.05, 3.63) is 29.8 Å². The summed E-state index contributed by atoms with van der Waals surface area (Å²) in [6.45, 7) is 3.27. The summed E-state index contributed by atoms with van der Waals surface area (Å²) in [5.41, 5.74) is 5.50. The van der Waals surface area contributed by atoms with E-state index in [4.69, 9.17) is 10.8 Å². The van der Waals surface area contributed by atoms with Gasteiger partial charge in [0.1, 0.15) is 0 Å². The number of hydrogen-bond donors (Lipinski definition) is 2. The minimum atomic E-state index is 0.425. The van der Waals surface area contributed by atoms with Crippen LogP contribution in [-0.2, 0) is 6.42 Å². The third-order valence-electron chi connectivity index (χ3n) is 4.61. The second kappa shape index (κ2) is 6.48. The normalized spacial score (nSPS) is 23.8. The van der Waals surface area contributed by atoms with Crippen LogP contribution < -0.4 is 16.2 Å². The molecule has 4 heteroatoms. The average Bonchev–Trinajstić information content (AvgIpc) is 2.53. The second-order valence-electron chi connectivity index (χ2n) is 6.44. The number of guanidine groups is 1. The van der Waals surface area contributed by atoms with Crippen molar-refractivity contribution in [3.63, 3.8) is 0 Å². The van der Waals surface area contributed by atoms with E-state index in [2.05, 4.69) is 41.5 Å². The van der Waals surface area contributed by atoms with Crippen LogP contribution in [0.15, 0.2) is 29.3 Å². The van der Waals surface area contributed by atoms with Crippen molar-refractivity contribution < 1.29 is 0 Å². The minimum absolute atomic E-state index is 0.425. The molecule has 1 atom stereocenters. The van der Waals surface area contributed by atoms with Crippen molar-refractivity contribution in [2.45, 2.75) is 51.5 Å². The summed E-state index contributed by atoms with van der Waals surface area (Å²) in [6, 6.07) is 9.02. The largest absolute Gasteiger partial charge is 0.311 e. The van der Waals surface area contributed by atoms with Gasteiger partial charge in [-0.05, 0) is 36.8 Å². The zero-order valence-corrected chi connectivity index (χ0v) is 12.9. The number of hydrogen-bond acceptors (Lipinski definition) is 2. The van der Waals surface area contributed by atoms with Crippen molar-refractivity contribution in [2.75, 3.05) is 11.4 Å². The van der Waals surface area contributed by atoms with E-state index in [9.17, 15) is 0 Å². The minimum Gasteiger partial charge on any atom is -0.311 e. The number of nitrogens with zero attached hydrogens (tertiary/aromatic N) is 2. The Morgan fingerprint density at radius 1 is 1.24 bits per heavy atom. The maximum Gasteiger partial charge on any atom is 0.213 e. The molecule has 2 aliphatic rings. The van der Waals surface area contributed by atoms with Gasteiger partial charge in [0.15, 0.2) is 0 Å². The van der Waals surface area contributed by atoms with E-state index in [1.807, 2.05) is 0 Å². The molecule has 1 aromatic rings. The Kier molecular flexibility index (Phi) is 4.44. The van der Waals surface area contributed by atoms with Crippen molar-refractivity contribution in [1.29, 1.82) is 0 Å². The highest BCUT2D eigenvalue weighted by Crippen LogP contribution is 2.30. The van der Waals surface area contributed by atoms with Crippen LogP contribution in [0.3, 0.4) is 0 Å². The first kappa shape index (κ1) is 14.4. The standard InChI is InChI=1S/C17H26N4/c1-13-11-14-7-5-6-10-16(14)21(12-13)17(20-18)19-15-8-3-2-4-9-15/h5-7,10,13,15H,2-4,8-9,11-12,18H2,1H3,(H,19,20). The van der Waals surface area contributed by atoms with Crippen LogP contribution in [0.4, 0.5) is 5.69 Å². The smallest absolute Gasteiger partial charge is 0.213 e. The molecule has 0 spiro atoms. The van der Waals surface area contributed by atoms with Gasteiger partial charge in [0, 0.05) is 12.2 Å². The Morgan fingerprint density at radius 3 is 2.76 bits per heavy atom. The van der Waals surface area contributed by atoms with Gasteiger partial charge in [-0.3, -0.25) is 5.43 Å². The maximum absolute atomic E-state index is 5.80. The van der Waals surface area contributed by atoms with Gasteiger partial charge in [-0.15, -0.1) is 0 Å². The highest BCUT2D eigenvalue weighted by atomic mass is 15.4. The third-order valence-corrected chi connectivity index (χ3v) is 4.61. The number of nitrogens with one attached hydrogen (secondary N) is 1. The molecule has 0 saturated heterocycles. The van der Waals surface area contributed by atoms with Gasteiger partial charge in [0.25, 0.3) is 0 Å². The number of hydrazine groups is 1. The summed E-state index contributed by atoms with van der Waals surface area (Å²) in [4.78, 5) is 7.18. The first-order valence-corrected chi connectivity index (χ1v) is 8.18. The molecule has 0 amide bonds. The number of rotatable bonds is 1. The fraction of sp³-hybridized carbons (Fsp3) is 0.588. The van der Waals surface area contributed by atoms with E-state index in [0.29, 0.717) is 12.0 Å². The molecule has 1 aromatic carbocycles. The fourth-order valence-electron chi connectivity index (χ4n) is 3.57. The highest BCUT2D eigenvalue weighted by Gasteiger charge is 2.25. The van der Waals surface area contributed by atoms with E-state index < -0.39 is 0 Å². The molecule has 1 fully saturated rings. The molecule has 0 bridgehead atoms. The number of benzene rings is 1. The van der Waals surface area contributed by atoms with Crippen LogP contribution in [0.1, 0.15) is 44.6 Å². The van der Waals surface area contributed by atoms with Crippen LogP contribution in [0, 0.1) is 5.92 Å². The van der Waals surface area contributed by atoms with Crippen molar-refractivity contribution >= 4 is 11.6 Å². The molecular formula is C17H26N4. The average molecular weight is 286 g/mol. The number of anilines is 1. The lowest BCUT2D eigenvalue weighted by Gasteiger charge is -2.35. The van der Waals surface area contributed by atoms with Gasteiger partial charge in [-0.1, -0.05) is 44.4 Å². The van der Waals surface area contributed by atoms with Crippen molar-refractivity contribution in [2.24, 2.45) is 16.8 Å².